The Bertz CT molecular complexity index is 396. The number of aliphatic hydroxyl groups is 2. The largest absolute Gasteiger partial charge is 0.394 e. The van der Waals surface area contributed by atoms with Gasteiger partial charge in [0.2, 0.25) is 11.6 Å². The van der Waals surface area contributed by atoms with E-state index in [2.05, 4.69) is 20.7 Å². The average Bonchev–Trinajstić information content (AvgIpc) is 2.34. The number of hydrazine groups is 1. The van der Waals surface area contributed by atoms with Crippen LogP contribution in [0.5, 0.6) is 0 Å². The summed E-state index contributed by atoms with van der Waals surface area (Å²) in [4.78, 5) is 17.4. The second kappa shape index (κ2) is 5.89. The van der Waals surface area contributed by atoms with E-state index in [0.29, 0.717) is 0 Å². The third-order valence-corrected chi connectivity index (χ3v) is 1.92. The van der Waals surface area contributed by atoms with Gasteiger partial charge in [-0.05, 0) is 0 Å². The monoisotopic (exact) mass is 244 g/mol. The first-order valence-electron chi connectivity index (χ1n) is 4.58. The van der Waals surface area contributed by atoms with Gasteiger partial charge < -0.3 is 21.0 Å². The van der Waals surface area contributed by atoms with Crippen molar-refractivity contribution in [3.8, 4) is 0 Å². The van der Waals surface area contributed by atoms with Crippen molar-refractivity contribution in [1.82, 2.24) is 9.97 Å². The molecule has 0 radical (unpaired) electrons. The Kier molecular flexibility index (Phi) is 4.51. The summed E-state index contributed by atoms with van der Waals surface area (Å²) in [5.74, 6) is 4.78. The zero-order chi connectivity index (χ0) is 12.8. The van der Waals surface area contributed by atoms with E-state index in [1.54, 1.807) is 0 Å². The summed E-state index contributed by atoms with van der Waals surface area (Å²) in [7, 11) is 0. The fraction of sp³-hybridized carbons (Fsp3) is 0.429. The van der Waals surface area contributed by atoms with E-state index in [0.717, 1.165) is 6.33 Å². The van der Waals surface area contributed by atoms with Crippen LogP contribution >= 0.6 is 0 Å². The second-order valence-electron chi connectivity index (χ2n) is 3.03. The fourth-order valence-electron chi connectivity index (χ4n) is 1.11. The summed E-state index contributed by atoms with van der Waals surface area (Å²) in [5.41, 5.74) is 1.61. The van der Waals surface area contributed by atoms with Gasteiger partial charge in [-0.2, -0.15) is 0 Å². The number of nitrogens with zero attached hydrogens (tertiary/aromatic N) is 3. The van der Waals surface area contributed by atoms with E-state index < -0.39 is 29.9 Å². The maximum Gasteiger partial charge on any atom is 0.354 e. The van der Waals surface area contributed by atoms with Gasteiger partial charge in [0.15, 0.2) is 0 Å². The van der Waals surface area contributed by atoms with Gasteiger partial charge in [0.25, 0.3) is 0 Å². The number of aromatic nitrogens is 2. The minimum Gasteiger partial charge on any atom is -0.394 e. The van der Waals surface area contributed by atoms with Crippen LogP contribution in [0.1, 0.15) is 0 Å². The predicted octanol–water partition coefficient (Wildman–Crippen LogP) is -1.56. The molecule has 0 unspecified atom stereocenters. The zero-order valence-corrected chi connectivity index (χ0v) is 8.70. The number of nitrogens with two attached hydrogens (primary N) is 1. The summed E-state index contributed by atoms with van der Waals surface area (Å²) in [6.07, 6.45) is 1.07. The molecule has 1 aromatic rings. The van der Waals surface area contributed by atoms with E-state index in [4.69, 9.17) is 16.1 Å². The highest BCUT2D eigenvalue weighted by Crippen LogP contribution is 2.28. The minimum atomic E-state index is -0.755. The van der Waals surface area contributed by atoms with Gasteiger partial charge >= 0.3 is 5.69 Å². The van der Waals surface area contributed by atoms with Crippen LogP contribution in [0, 0.1) is 10.1 Å². The lowest BCUT2D eigenvalue weighted by Gasteiger charge is -2.14. The fourth-order valence-corrected chi connectivity index (χ4v) is 1.11. The minimum absolute atomic E-state index is 0.133. The van der Waals surface area contributed by atoms with Crippen LogP contribution in [0.15, 0.2) is 6.33 Å². The van der Waals surface area contributed by atoms with E-state index in [9.17, 15) is 10.1 Å². The van der Waals surface area contributed by atoms with Crippen LogP contribution in [-0.2, 0) is 0 Å². The maximum atomic E-state index is 10.8. The molecule has 0 atom stereocenters. The summed E-state index contributed by atoms with van der Waals surface area (Å²) in [5, 5.41) is 31.1. The standard InChI is InChI=1S/C7H12N6O4/c8-12-7-5(13(16)17)6(9-3-10-7)11-4(1-14)2-15/h3-4,14-15H,1-2,8H2,(H2,9,10,11,12). The Balaban J connectivity index is 3.09. The van der Waals surface area contributed by atoms with Crippen LogP contribution in [-0.4, -0.2) is 44.4 Å². The Hall–Kier alpha value is -2.04. The molecule has 1 rings (SSSR count). The second-order valence-corrected chi connectivity index (χ2v) is 3.03. The molecular weight excluding hydrogens is 232 g/mol. The summed E-state index contributed by atoms with van der Waals surface area (Å²) >= 11 is 0. The maximum absolute atomic E-state index is 10.8. The smallest absolute Gasteiger partial charge is 0.354 e. The summed E-state index contributed by atoms with van der Waals surface area (Å²) < 4.78 is 0. The van der Waals surface area contributed by atoms with E-state index >= 15 is 0 Å². The van der Waals surface area contributed by atoms with Gasteiger partial charge in [-0.25, -0.2) is 15.8 Å². The lowest BCUT2D eigenvalue weighted by atomic mass is 10.3. The summed E-state index contributed by atoms with van der Waals surface area (Å²) in [6.45, 7) is -0.800. The molecule has 10 nitrogen and oxygen atoms in total. The highest BCUT2D eigenvalue weighted by Gasteiger charge is 2.23. The Morgan fingerprint density at radius 1 is 1.41 bits per heavy atom. The first-order chi connectivity index (χ1) is 8.13. The van der Waals surface area contributed by atoms with Crippen LogP contribution in [0.4, 0.5) is 17.3 Å². The van der Waals surface area contributed by atoms with Gasteiger partial charge in [0.1, 0.15) is 6.33 Å². The van der Waals surface area contributed by atoms with Crippen LogP contribution in [0.3, 0.4) is 0 Å². The third-order valence-electron chi connectivity index (χ3n) is 1.92. The van der Waals surface area contributed by atoms with Gasteiger partial charge in [-0.15, -0.1) is 0 Å². The molecule has 0 aliphatic rings. The van der Waals surface area contributed by atoms with Crippen molar-refractivity contribution >= 4 is 17.3 Å². The molecule has 0 aliphatic heterocycles. The molecule has 0 saturated heterocycles. The lowest BCUT2D eigenvalue weighted by molar-refractivity contribution is -0.383. The van der Waals surface area contributed by atoms with Crippen LogP contribution in [0.25, 0.3) is 0 Å². The molecule has 0 amide bonds. The Morgan fingerprint density at radius 3 is 2.47 bits per heavy atom. The quantitative estimate of drug-likeness (QED) is 0.226. The SMILES string of the molecule is NNc1ncnc(NC(CO)CO)c1[N+](=O)[O-]. The number of aliphatic hydroxyl groups excluding tert-OH is 2. The Morgan fingerprint density at radius 2 is 2.00 bits per heavy atom. The molecule has 0 fully saturated rings. The lowest BCUT2D eigenvalue weighted by Crippen LogP contribution is -2.29. The average molecular weight is 244 g/mol. The van der Waals surface area contributed by atoms with Crippen molar-refractivity contribution in [2.24, 2.45) is 5.84 Å². The molecule has 0 aromatic carbocycles. The highest BCUT2D eigenvalue weighted by atomic mass is 16.6. The number of hydrogen-bond donors (Lipinski definition) is 5. The first kappa shape index (κ1) is 13.0. The van der Waals surface area contributed by atoms with Crippen molar-refractivity contribution in [3.05, 3.63) is 16.4 Å². The van der Waals surface area contributed by atoms with E-state index in [-0.39, 0.29) is 11.6 Å². The number of hydrogen-bond acceptors (Lipinski definition) is 9. The molecule has 1 aromatic heterocycles. The summed E-state index contributed by atoms with van der Waals surface area (Å²) in [6, 6.07) is -0.755. The number of nitrogens with one attached hydrogen (secondary N) is 2. The molecular formula is C7H12N6O4. The van der Waals surface area contributed by atoms with E-state index in [1.807, 2.05) is 0 Å². The van der Waals surface area contributed by atoms with Crippen molar-refractivity contribution < 1.29 is 15.1 Å². The molecule has 0 saturated carbocycles. The first-order valence-corrected chi connectivity index (χ1v) is 4.58. The van der Waals surface area contributed by atoms with Gasteiger partial charge in [0, 0.05) is 0 Å². The molecule has 0 bridgehead atoms. The number of nitrogen functional groups attached to an aromatic ring is 1. The zero-order valence-electron chi connectivity index (χ0n) is 8.70. The molecule has 0 spiro atoms. The molecule has 17 heavy (non-hydrogen) atoms. The number of nitro groups is 1. The topological polar surface area (TPSA) is 159 Å². The van der Waals surface area contributed by atoms with Gasteiger partial charge in [-0.3, -0.25) is 10.1 Å². The molecule has 10 heteroatoms. The Labute approximate surface area is 95.6 Å². The third kappa shape index (κ3) is 2.96. The normalized spacial score (nSPS) is 10.4. The van der Waals surface area contributed by atoms with Crippen LogP contribution in [0.2, 0.25) is 0 Å². The van der Waals surface area contributed by atoms with E-state index in [1.165, 1.54) is 0 Å². The van der Waals surface area contributed by atoms with Gasteiger partial charge in [0.05, 0.1) is 24.2 Å². The molecule has 1 heterocycles. The van der Waals surface area contributed by atoms with Crippen molar-refractivity contribution in [2.75, 3.05) is 24.0 Å². The number of anilines is 2. The van der Waals surface area contributed by atoms with Crippen LogP contribution < -0.4 is 16.6 Å². The van der Waals surface area contributed by atoms with Crippen molar-refractivity contribution in [1.29, 1.82) is 0 Å². The molecule has 6 N–H and O–H groups in total. The predicted molar refractivity (Wildman–Crippen MR) is 58.1 cm³/mol. The molecule has 94 valence electrons. The highest BCUT2D eigenvalue weighted by molar-refractivity contribution is 5.69. The van der Waals surface area contributed by atoms with Gasteiger partial charge in [-0.1, -0.05) is 0 Å². The van der Waals surface area contributed by atoms with Crippen molar-refractivity contribution in [3.63, 3.8) is 0 Å². The van der Waals surface area contributed by atoms with Crippen molar-refractivity contribution in [2.45, 2.75) is 6.04 Å². The molecule has 0 aliphatic carbocycles. The number of rotatable bonds is 6.